The molecule has 0 bridgehead atoms. The number of hydrogen-bond acceptors (Lipinski definition) is 4. The van der Waals surface area contributed by atoms with Gasteiger partial charge in [-0.05, 0) is 106 Å². The van der Waals surface area contributed by atoms with Crippen molar-refractivity contribution in [3.05, 3.63) is 150 Å². The lowest BCUT2D eigenvalue weighted by Gasteiger charge is -2.25. The van der Waals surface area contributed by atoms with E-state index in [0.717, 1.165) is 110 Å². The molecule has 0 amide bonds. The summed E-state index contributed by atoms with van der Waals surface area (Å²) < 4.78 is 22.3. The number of nitrogens with zero attached hydrogens (tertiary/aromatic N) is 1. The smallest absolute Gasteiger partial charge is 0.198 e. The minimum absolute atomic E-state index is 0.00591. The molecular formula is C57H44BN2O3. The molecule has 0 spiro atoms. The lowest BCUT2D eigenvalue weighted by atomic mass is 9.58. The molecule has 5 heterocycles. The van der Waals surface area contributed by atoms with Crippen molar-refractivity contribution >= 4 is 117 Å². The van der Waals surface area contributed by atoms with Gasteiger partial charge in [0.2, 0.25) is 0 Å². The second-order valence-corrected chi connectivity index (χ2v) is 19.7. The summed E-state index contributed by atoms with van der Waals surface area (Å²) in [7, 11) is 2.38. The molecule has 5 nitrogen and oxygen atoms in total. The maximum absolute atomic E-state index is 6.74. The Morgan fingerprint density at radius 2 is 1.08 bits per heavy atom. The van der Waals surface area contributed by atoms with Crippen molar-refractivity contribution in [1.29, 1.82) is 0 Å². The summed E-state index contributed by atoms with van der Waals surface area (Å²) in [6, 6.07) is 48.4. The van der Waals surface area contributed by atoms with Crippen molar-refractivity contribution in [3.63, 3.8) is 0 Å². The van der Waals surface area contributed by atoms with Gasteiger partial charge in [0, 0.05) is 71.6 Å². The molecule has 13 rings (SSSR count). The Morgan fingerprint density at radius 3 is 1.79 bits per heavy atom. The lowest BCUT2D eigenvalue weighted by Crippen LogP contribution is -2.37. The van der Waals surface area contributed by atoms with Crippen LogP contribution in [-0.2, 0) is 10.8 Å². The second kappa shape index (κ2) is 12.5. The Hall–Kier alpha value is -7.18. The van der Waals surface area contributed by atoms with Gasteiger partial charge in [0.25, 0.3) is 0 Å². The van der Waals surface area contributed by atoms with Crippen LogP contribution in [0.1, 0.15) is 58.2 Å². The zero-order chi connectivity index (χ0) is 42.7. The Bertz CT molecular complexity index is 3940. The highest BCUT2D eigenvalue weighted by Crippen LogP contribution is 2.45. The van der Waals surface area contributed by atoms with Crippen LogP contribution < -0.4 is 16.2 Å². The van der Waals surface area contributed by atoms with Crippen molar-refractivity contribution < 1.29 is 13.3 Å². The van der Waals surface area contributed by atoms with Crippen LogP contribution in [0.2, 0.25) is 0 Å². The molecule has 0 aliphatic carbocycles. The zero-order valence-corrected chi connectivity index (χ0v) is 36.5. The van der Waals surface area contributed by atoms with Crippen LogP contribution in [0.15, 0.2) is 147 Å². The molecule has 1 N–H and O–H groups in total. The van der Waals surface area contributed by atoms with E-state index in [4.69, 9.17) is 13.3 Å². The zero-order valence-electron chi connectivity index (χ0n) is 36.5. The van der Waals surface area contributed by atoms with Crippen LogP contribution in [0.3, 0.4) is 0 Å². The number of aryl methyl sites for hydroxylation is 1. The first-order valence-corrected chi connectivity index (χ1v) is 22.0. The van der Waals surface area contributed by atoms with E-state index < -0.39 is 0 Å². The Kier molecular flexibility index (Phi) is 7.22. The largest absolute Gasteiger partial charge is 0.456 e. The summed E-state index contributed by atoms with van der Waals surface area (Å²) in [5.74, 6) is 0. The Balaban J connectivity index is 1.12. The normalized spacial score (nSPS) is 13.1. The van der Waals surface area contributed by atoms with Gasteiger partial charge in [-0.25, -0.2) is 0 Å². The molecule has 1 aliphatic rings. The van der Waals surface area contributed by atoms with Crippen LogP contribution >= 0.6 is 0 Å². The van der Waals surface area contributed by atoms with Crippen molar-refractivity contribution in [2.75, 3.05) is 5.32 Å². The average Bonchev–Trinajstić information content (AvgIpc) is 4.01. The molecule has 1 radical (unpaired) electrons. The topological polar surface area (TPSA) is 56.4 Å². The van der Waals surface area contributed by atoms with E-state index in [0.29, 0.717) is 0 Å². The molecule has 4 aromatic heterocycles. The number of para-hydroxylation sites is 2. The summed E-state index contributed by atoms with van der Waals surface area (Å²) >= 11 is 0. The van der Waals surface area contributed by atoms with Gasteiger partial charge >= 0.3 is 0 Å². The van der Waals surface area contributed by atoms with Gasteiger partial charge in [-0.3, -0.25) is 0 Å². The fourth-order valence-corrected chi connectivity index (χ4v) is 10.3. The van der Waals surface area contributed by atoms with E-state index in [-0.39, 0.29) is 10.8 Å². The summed E-state index contributed by atoms with van der Waals surface area (Å²) in [4.78, 5) is 0. The van der Waals surface area contributed by atoms with E-state index in [2.05, 4.69) is 187 Å². The first kappa shape index (κ1) is 36.5. The summed E-state index contributed by atoms with van der Waals surface area (Å²) in [6.45, 7) is 15.8. The van der Waals surface area contributed by atoms with Gasteiger partial charge in [-0.2, -0.15) is 0 Å². The molecule has 0 fully saturated rings. The van der Waals surface area contributed by atoms with Crippen molar-refractivity contribution in [2.24, 2.45) is 0 Å². The SMILES string of the molecule is Cc1cc(-c2cc3c(cc2Nc2ccc(C(C)(C)C)cc2)oc2cc(C(C)(C)C)ccc23)c2c3c1c1cc4oc5ccccc5c4cc1n3-c1cc3c(cc1[B]2)oc1ccccc13. The predicted molar refractivity (Wildman–Crippen MR) is 265 cm³/mol. The van der Waals surface area contributed by atoms with Crippen LogP contribution in [0.4, 0.5) is 11.4 Å². The number of anilines is 2. The van der Waals surface area contributed by atoms with E-state index >= 15 is 0 Å². The summed E-state index contributed by atoms with van der Waals surface area (Å²) in [5.41, 5.74) is 19.1. The summed E-state index contributed by atoms with van der Waals surface area (Å²) in [5, 5.41) is 12.9. The standard InChI is InChI=1S/C57H44BN2O3/c1-30-22-41(37-24-38-36-21-18-32(57(5,6)7)23-49(36)63-52(38)29-44(37)59-33-19-16-31(17-20-33)56(2,3)4)54-55-53(30)42-27-50-39(34-12-8-10-14-47(34)61-50)25-45(42)60(55)46-26-40-35-13-9-11-15-48(35)62-51(40)28-43(46)58-54/h8-29,59H,1-7H3. The molecule has 1 aliphatic heterocycles. The minimum atomic E-state index is -0.00591. The maximum Gasteiger partial charge on any atom is 0.198 e. The van der Waals surface area contributed by atoms with Crippen molar-refractivity contribution in [3.8, 4) is 16.8 Å². The van der Waals surface area contributed by atoms with Gasteiger partial charge in [-0.1, -0.05) is 114 Å². The number of fused-ring (bicyclic) bond motifs is 14. The number of aromatic nitrogens is 1. The molecule has 63 heavy (non-hydrogen) atoms. The first-order valence-electron chi connectivity index (χ1n) is 22.0. The van der Waals surface area contributed by atoms with Crippen LogP contribution in [0, 0.1) is 6.92 Å². The maximum atomic E-state index is 6.74. The second-order valence-electron chi connectivity index (χ2n) is 19.7. The summed E-state index contributed by atoms with van der Waals surface area (Å²) in [6.07, 6.45) is 0. The molecule has 0 atom stereocenters. The number of hydrogen-bond donors (Lipinski definition) is 1. The average molecular weight is 816 g/mol. The van der Waals surface area contributed by atoms with Crippen LogP contribution in [0.5, 0.6) is 0 Å². The Morgan fingerprint density at radius 1 is 0.492 bits per heavy atom. The fourth-order valence-electron chi connectivity index (χ4n) is 10.3. The third-order valence-corrected chi connectivity index (χ3v) is 13.6. The Labute approximate surface area is 365 Å². The highest BCUT2D eigenvalue weighted by Gasteiger charge is 2.30. The van der Waals surface area contributed by atoms with E-state index in [9.17, 15) is 0 Å². The van der Waals surface area contributed by atoms with Gasteiger partial charge in [0.1, 0.15) is 33.5 Å². The predicted octanol–water partition coefficient (Wildman–Crippen LogP) is 14.8. The van der Waals surface area contributed by atoms with E-state index in [1.54, 1.807) is 0 Å². The third-order valence-electron chi connectivity index (χ3n) is 13.6. The molecule has 0 saturated heterocycles. The van der Waals surface area contributed by atoms with E-state index in [1.165, 1.54) is 33.0 Å². The van der Waals surface area contributed by atoms with Crippen molar-refractivity contribution in [1.82, 2.24) is 4.57 Å². The van der Waals surface area contributed by atoms with Gasteiger partial charge in [0.05, 0.1) is 11.2 Å². The molecule has 12 aromatic rings. The van der Waals surface area contributed by atoms with Crippen LogP contribution in [-0.4, -0.2) is 11.8 Å². The molecule has 0 unspecified atom stereocenters. The highest BCUT2D eigenvalue weighted by atomic mass is 16.3. The number of furan rings is 3. The molecule has 6 heteroatoms. The molecule has 0 saturated carbocycles. The monoisotopic (exact) mass is 815 g/mol. The first-order chi connectivity index (χ1) is 30.4. The third kappa shape index (κ3) is 5.30. The molecule has 8 aromatic carbocycles. The quantitative estimate of drug-likeness (QED) is 0.181. The molecular weight excluding hydrogens is 771 g/mol. The number of nitrogens with one attached hydrogen (secondary N) is 1. The van der Waals surface area contributed by atoms with Gasteiger partial charge in [0.15, 0.2) is 7.28 Å². The van der Waals surface area contributed by atoms with E-state index in [1.807, 2.05) is 12.1 Å². The fraction of sp³-hybridized carbons (Fsp3) is 0.158. The van der Waals surface area contributed by atoms with Gasteiger partial charge in [-0.15, -0.1) is 0 Å². The highest BCUT2D eigenvalue weighted by molar-refractivity contribution is 6.74. The van der Waals surface area contributed by atoms with Crippen LogP contribution in [0.25, 0.3) is 104 Å². The van der Waals surface area contributed by atoms with Crippen molar-refractivity contribution in [2.45, 2.75) is 59.3 Å². The minimum Gasteiger partial charge on any atom is -0.456 e. The molecule has 303 valence electrons. The lowest BCUT2D eigenvalue weighted by molar-refractivity contribution is 0.587. The number of benzene rings is 8. The number of rotatable bonds is 3. The van der Waals surface area contributed by atoms with Gasteiger partial charge < -0.3 is 23.1 Å².